The molecule has 8 heterocycles. The molecule has 11 bridgehead atoms. The molecular formula is C94H110Cl3N8O27+. The molecule has 38 heteroatoms. The Morgan fingerprint density at radius 2 is 1.30 bits per heavy atom. The first kappa shape index (κ1) is 98.1. The third-order valence-corrected chi connectivity index (χ3v) is 26.3. The molecule has 8 aliphatic heterocycles. The number of aliphatic hydroxyl groups is 9. The number of Topliss-reactive ketones (excluding diaryl/α,β-unsaturated/α-hetero) is 2. The van der Waals surface area contributed by atoms with Crippen molar-refractivity contribution in [3.8, 4) is 56.8 Å². The fraction of sp³-hybridized carbons (Fsp3) is 0.468. The minimum atomic E-state index is -3.02. The molecule has 1 aliphatic carbocycles. The summed E-state index contributed by atoms with van der Waals surface area (Å²) in [4.78, 5) is 124. The molecule has 35 nitrogen and oxygen atoms in total. The van der Waals surface area contributed by atoms with Gasteiger partial charge in [0.25, 0.3) is 0 Å². The number of benzene rings is 7. The Kier molecular flexibility index (Phi) is 29.4. The Bertz CT molecular complexity index is 5530. The number of nitrogens with zero attached hydrogens (tertiary/aromatic N) is 1. The molecule has 3 fully saturated rings. The van der Waals surface area contributed by atoms with Crippen molar-refractivity contribution >= 4 is 81.9 Å². The van der Waals surface area contributed by atoms with Gasteiger partial charge in [0, 0.05) is 71.8 Å². The summed E-state index contributed by atoms with van der Waals surface area (Å²) in [7, 11) is 5.47. The largest absolute Gasteiger partial charge is 0.508 e. The fourth-order valence-electron chi connectivity index (χ4n) is 18.0. The molecule has 0 saturated carbocycles. The lowest BCUT2D eigenvalue weighted by Gasteiger charge is -2.48. The van der Waals surface area contributed by atoms with Crippen LogP contribution in [-0.4, -0.2) is 240 Å². The van der Waals surface area contributed by atoms with Gasteiger partial charge in [0.1, 0.15) is 79.0 Å². The zero-order valence-electron chi connectivity index (χ0n) is 73.7. The molecule has 3 saturated heterocycles. The lowest BCUT2D eigenvalue weighted by atomic mass is 9.84. The molecule has 1 unspecified atom stereocenters. The number of nitrogens with two attached hydrogens (primary N) is 2. The minimum Gasteiger partial charge on any atom is -0.508 e. The lowest BCUT2D eigenvalue weighted by molar-refractivity contribution is -0.870. The van der Waals surface area contributed by atoms with Crippen LogP contribution in [0.1, 0.15) is 161 Å². The van der Waals surface area contributed by atoms with Gasteiger partial charge in [-0.1, -0.05) is 102 Å². The van der Waals surface area contributed by atoms with Crippen molar-refractivity contribution in [2.24, 2.45) is 23.3 Å². The van der Waals surface area contributed by atoms with Gasteiger partial charge in [0.2, 0.25) is 47.4 Å². The van der Waals surface area contributed by atoms with Crippen molar-refractivity contribution < 1.29 is 137 Å². The SMILES string of the molecule is CC[C@H](CC(C)O)C(=O)N[C@H]1C(=O)C[C@@H](CC(N)=O)C(=O)N[C@H]2C(=O)C[C@H]3C(=O)N[C@H](C(=O)N[C@H](C(=O)OCC[N+](C)(C)C)c4cc(O)cc5c4-c4cc3ccc4C5(O)O)[C@H](O[C@H]3C[C@](C)(N)[C@@H](O)[C@H](C)O3)c3ccc(c(Cl)c3)Oc3cc2cc(c3O[C@@H]2O[C@H](CO)[C@@H](O)[C@H](O)[C@H]2O[C@H]2C[C@](C)(NCc3ccc(-c4ccc(Cl)cc4)cc3)[C@@H](O)[C@H](C)O2)Oc2ccc(cc2Cl)[C@H]1O. The van der Waals surface area contributed by atoms with E-state index in [9.17, 15) is 60.7 Å². The number of phenolic OH excluding ortho intramolecular Hbond substituents is 1. The standard InChI is InChI=1S/C94H109Cl3N8O27/c1-10-46(27-42(2)107)86(117)103-76-63(109)31-53(34-70(98)111)87(118)101-74-52-32-67(127-65-23-18-50(78(76)112)29-61(65)96)82(132-91-83(80(114)79(113)69(41-106)129-91)131-72-39-93(6,85(116)44(4)126-72)100-40-45-11-13-47(14-12-45)48-15-20-54(95)21-16-48)68(33-52)128-66-24-19-51(30-62(66)97)81(130-71-38-92(5,99)84(115)43(3)125-71)77-89(120)102-75(90(121)124-26-25-105(7,8)9)58-35-55(108)36-60-73(58)57-28-49(17-22-59(57)94(60,122)123)56(37-64(74)110)88(119)104-77/h11-24,28-30,32-33,35-36,42-44,46,53,56,69,71-72,74-81,83-85,91,100,106-107,112-116,122-123H,10,25-27,31,34,37-41,99H2,1-9H3,(H6-,98,101,102,103,104,108,111,117,118,119,120)/p+1/t42?,43-,44-,46+,53-,56+,69+,71-,72-,74+,75-,76-,77-,78+,79+,80-,81+,83+,84-,85-,91-,92-,93-/m0/s1. The van der Waals surface area contributed by atoms with Crippen molar-refractivity contribution in [2.45, 2.75) is 226 Å². The number of hydrogen-bond acceptors (Lipinski definition) is 29. The zero-order valence-corrected chi connectivity index (χ0v) is 75.9. The quantitative estimate of drug-likeness (QED) is 0.0214. The number of carbonyl (C=O) groups is 8. The number of ketones is 2. The van der Waals surface area contributed by atoms with E-state index >= 15 is 28.8 Å². The Labute approximate surface area is 774 Å². The number of aromatic hydroxyl groups is 1. The number of fused-ring (bicyclic) bond motifs is 12. The maximum atomic E-state index is 16.9. The highest BCUT2D eigenvalue weighted by Crippen LogP contribution is 2.54. The Morgan fingerprint density at radius 3 is 1.92 bits per heavy atom. The maximum Gasteiger partial charge on any atom is 0.333 e. The second-order valence-electron chi connectivity index (χ2n) is 36.6. The average Bonchev–Trinajstić information content (AvgIpc) is 1.55. The van der Waals surface area contributed by atoms with Gasteiger partial charge in [0.15, 0.2) is 47.8 Å². The van der Waals surface area contributed by atoms with Gasteiger partial charge in [-0.2, -0.15) is 0 Å². The summed E-state index contributed by atoms with van der Waals surface area (Å²) in [6.07, 6.45) is -25.9. The Hall–Kier alpha value is -9.91. The summed E-state index contributed by atoms with van der Waals surface area (Å²) in [6.45, 7) is 8.57. The number of amides is 5. The molecule has 7 aromatic rings. The maximum absolute atomic E-state index is 16.9. The third kappa shape index (κ3) is 21.1. The molecule has 5 amide bonds. The number of rotatable bonds is 22. The molecule has 16 rings (SSSR count). The van der Waals surface area contributed by atoms with Crippen molar-refractivity contribution in [1.82, 2.24) is 26.6 Å². The van der Waals surface area contributed by atoms with Crippen LogP contribution in [-0.2, 0) is 79.1 Å². The van der Waals surface area contributed by atoms with E-state index in [1.165, 1.54) is 75.4 Å². The van der Waals surface area contributed by atoms with Gasteiger partial charge in [0.05, 0.1) is 80.2 Å². The van der Waals surface area contributed by atoms with Crippen molar-refractivity contribution in [1.29, 1.82) is 0 Å². The molecule has 9 aliphatic rings. The van der Waals surface area contributed by atoms with Gasteiger partial charge < -0.3 is 136 Å². The minimum absolute atomic E-state index is 0.0919. The van der Waals surface area contributed by atoms with E-state index in [0.717, 1.165) is 41.0 Å². The smallest absolute Gasteiger partial charge is 0.333 e. The lowest BCUT2D eigenvalue weighted by Crippen LogP contribution is -2.65. The van der Waals surface area contributed by atoms with E-state index in [4.69, 9.17) is 88.9 Å². The van der Waals surface area contributed by atoms with E-state index in [-0.39, 0.29) is 116 Å². The van der Waals surface area contributed by atoms with Crippen LogP contribution < -0.4 is 52.3 Å². The van der Waals surface area contributed by atoms with Gasteiger partial charge in [-0.05, 0) is 170 Å². The monoisotopic (exact) mass is 1890 g/mol. The number of nitrogens with one attached hydrogen (secondary N) is 5. The topological polar surface area (TPSA) is 534 Å². The van der Waals surface area contributed by atoms with Crippen LogP contribution in [0.5, 0.6) is 34.5 Å². The number of likely N-dealkylation sites (N-methyl/N-ethyl adjacent to an activating group) is 1. The summed E-state index contributed by atoms with van der Waals surface area (Å²) in [5, 5.41) is 133. The first-order chi connectivity index (χ1) is 62.3. The molecule has 7 aromatic carbocycles. The van der Waals surface area contributed by atoms with E-state index < -0.39 is 246 Å². The highest BCUT2D eigenvalue weighted by atomic mass is 35.5. The number of quaternary nitrogens is 1. The highest BCUT2D eigenvalue weighted by molar-refractivity contribution is 6.32. The summed E-state index contributed by atoms with van der Waals surface area (Å²) < 4.78 is 59.8. The first-order valence-corrected chi connectivity index (χ1v) is 44.6. The van der Waals surface area contributed by atoms with Crippen LogP contribution in [0, 0.1) is 11.8 Å². The summed E-state index contributed by atoms with van der Waals surface area (Å²) in [5.41, 5.74) is 10.6. The number of phenols is 1. The molecule has 23 atom stereocenters. The van der Waals surface area contributed by atoms with Crippen molar-refractivity contribution in [3.05, 3.63) is 187 Å². The number of halogens is 3. The number of primary amides is 1. The molecular weight excluding hydrogens is 1780 g/mol. The van der Waals surface area contributed by atoms with Crippen molar-refractivity contribution in [3.63, 3.8) is 0 Å². The van der Waals surface area contributed by atoms with Gasteiger partial charge in [-0.15, -0.1) is 0 Å². The predicted octanol–water partition coefficient (Wildman–Crippen LogP) is 5.89. The van der Waals surface area contributed by atoms with E-state index in [2.05, 4.69) is 26.6 Å². The van der Waals surface area contributed by atoms with Crippen LogP contribution in [0.3, 0.4) is 0 Å². The van der Waals surface area contributed by atoms with Crippen LogP contribution in [0.4, 0.5) is 0 Å². The number of esters is 1. The van der Waals surface area contributed by atoms with Crippen molar-refractivity contribution in [2.75, 3.05) is 40.9 Å². The van der Waals surface area contributed by atoms with Crippen LogP contribution in [0.25, 0.3) is 22.3 Å². The van der Waals surface area contributed by atoms with Crippen LogP contribution in [0.15, 0.2) is 127 Å². The average molecular weight is 1890 g/mol. The van der Waals surface area contributed by atoms with Crippen LogP contribution in [0.2, 0.25) is 15.1 Å². The number of carbonyl (C=O) groups excluding carboxylic acids is 8. The highest BCUT2D eigenvalue weighted by Gasteiger charge is 2.54. The van der Waals surface area contributed by atoms with Gasteiger partial charge in [-0.3, -0.25) is 33.6 Å². The summed E-state index contributed by atoms with van der Waals surface area (Å²) in [6, 6.07) is 22.2. The zero-order chi connectivity index (χ0) is 95.4. The first-order valence-electron chi connectivity index (χ1n) is 43.4. The van der Waals surface area contributed by atoms with Gasteiger partial charge in [-0.25, -0.2) is 4.79 Å². The molecule has 0 spiro atoms. The van der Waals surface area contributed by atoms with E-state index in [1.807, 2.05) is 57.5 Å². The number of ether oxygens (including phenoxy) is 9. The predicted molar refractivity (Wildman–Crippen MR) is 474 cm³/mol. The summed E-state index contributed by atoms with van der Waals surface area (Å²) >= 11 is 21.0. The third-order valence-electron chi connectivity index (χ3n) is 25.4. The molecule has 0 radical (unpaired) electrons. The van der Waals surface area contributed by atoms with E-state index in [0.29, 0.717) is 5.02 Å². The normalized spacial score (nSPS) is 29.9. The number of aliphatic hydroxyl groups excluding tert-OH is 7. The fourth-order valence-corrected chi connectivity index (χ4v) is 18.6. The summed E-state index contributed by atoms with van der Waals surface area (Å²) in [5.74, 6) is -20.1. The van der Waals surface area contributed by atoms with Gasteiger partial charge >= 0.3 is 5.97 Å². The number of hydrogen-bond donors (Lipinski definition) is 17. The molecule has 0 aromatic heterocycles. The molecule has 708 valence electrons. The molecule has 19 N–H and O–H groups in total. The Morgan fingerprint density at radius 1 is 0.682 bits per heavy atom. The second kappa shape index (κ2) is 39.6. The molecule has 132 heavy (non-hydrogen) atoms. The second-order valence-corrected chi connectivity index (χ2v) is 37.9. The van der Waals surface area contributed by atoms with Crippen LogP contribution >= 0.6 is 34.8 Å². The van der Waals surface area contributed by atoms with E-state index in [1.54, 1.807) is 32.9 Å². The Balaban J connectivity index is 0.973.